The fourth-order valence-corrected chi connectivity index (χ4v) is 3.73. The van der Waals surface area contributed by atoms with E-state index in [1.165, 1.54) is 11.1 Å². The number of hydrogen-bond donors (Lipinski definition) is 1. The zero-order valence-electron chi connectivity index (χ0n) is 15.7. The first kappa shape index (κ1) is 17.4. The molecule has 5 rings (SSSR count). The molecule has 29 heavy (non-hydrogen) atoms. The van der Waals surface area contributed by atoms with E-state index < -0.39 is 0 Å². The first-order valence-corrected chi connectivity index (χ1v) is 9.58. The van der Waals surface area contributed by atoms with Crippen molar-refractivity contribution in [1.29, 1.82) is 0 Å². The second-order valence-electron chi connectivity index (χ2n) is 7.09. The first-order chi connectivity index (χ1) is 14.3. The first-order valence-electron chi connectivity index (χ1n) is 9.58. The van der Waals surface area contributed by atoms with Crippen LogP contribution in [-0.2, 0) is 13.0 Å². The summed E-state index contributed by atoms with van der Waals surface area (Å²) in [5, 5.41) is 7.95. The van der Waals surface area contributed by atoms with Gasteiger partial charge in [-0.2, -0.15) is 0 Å². The third-order valence-electron chi connectivity index (χ3n) is 5.19. The summed E-state index contributed by atoms with van der Waals surface area (Å²) in [6.45, 7) is 0.193. The fraction of sp³-hybridized carbons (Fsp3) is 0.174. The predicted molar refractivity (Wildman–Crippen MR) is 108 cm³/mol. The minimum absolute atomic E-state index is 0.0151. The number of aromatic nitrogens is 2. The van der Waals surface area contributed by atoms with Crippen molar-refractivity contribution in [2.24, 2.45) is 0 Å². The molecule has 1 aliphatic rings. The van der Waals surface area contributed by atoms with Gasteiger partial charge in [0.05, 0.1) is 11.6 Å². The average Bonchev–Trinajstić information content (AvgIpc) is 3.40. The van der Waals surface area contributed by atoms with Gasteiger partial charge in [0, 0.05) is 17.6 Å². The molecule has 0 spiro atoms. The lowest BCUT2D eigenvalue weighted by molar-refractivity contribution is 0.0927. The van der Waals surface area contributed by atoms with Crippen LogP contribution < -0.4 is 10.1 Å². The number of carbonyl (C=O) groups excluding carboxylic acids is 1. The number of rotatable bonds is 5. The normalized spacial score (nSPS) is 15.2. The molecule has 0 unspecified atom stereocenters. The van der Waals surface area contributed by atoms with Gasteiger partial charge in [0.2, 0.25) is 0 Å². The van der Waals surface area contributed by atoms with Crippen molar-refractivity contribution in [3.63, 3.8) is 0 Å². The highest BCUT2D eigenvalue weighted by Crippen LogP contribution is 2.30. The maximum Gasteiger partial charge on any atom is 0.273 e. The average molecular weight is 385 g/mol. The molecule has 0 radical (unpaired) electrons. The molecule has 6 heteroatoms. The summed E-state index contributed by atoms with van der Waals surface area (Å²) in [6, 6.07) is 19.4. The SMILES string of the molecule is O=C(N[C@H]1CCc2ccccc21)c1cc(COc2ccc3ncccc3c2)on1. The number of nitrogens with one attached hydrogen (secondary N) is 1. The highest BCUT2D eigenvalue weighted by Gasteiger charge is 2.25. The molecule has 0 saturated heterocycles. The zero-order valence-corrected chi connectivity index (χ0v) is 15.7. The summed E-state index contributed by atoms with van der Waals surface area (Å²) >= 11 is 0. The lowest BCUT2D eigenvalue weighted by Gasteiger charge is -2.12. The van der Waals surface area contributed by atoms with E-state index in [1.54, 1.807) is 12.3 Å². The Hall–Kier alpha value is -3.67. The molecular weight excluding hydrogens is 366 g/mol. The molecule has 2 aromatic carbocycles. The second-order valence-corrected chi connectivity index (χ2v) is 7.09. The summed E-state index contributed by atoms with van der Waals surface area (Å²) in [6.07, 6.45) is 3.63. The topological polar surface area (TPSA) is 77.2 Å². The number of benzene rings is 2. The van der Waals surface area contributed by atoms with Crippen LogP contribution in [0.5, 0.6) is 5.75 Å². The van der Waals surface area contributed by atoms with E-state index in [4.69, 9.17) is 9.26 Å². The van der Waals surface area contributed by atoms with Crippen LogP contribution in [0, 0.1) is 0 Å². The summed E-state index contributed by atoms with van der Waals surface area (Å²) in [5.41, 5.74) is 3.64. The minimum atomic E-state index is -0.238. The molecule has 0 fully saturated rings. The lowest BCUT2D eigenvalue weighted by Crippen LogP contribution is -2.27. The van der Waals surface area contributed by atoms with E-state index in [9.17, 15) is 4.79 Å². The zero-order chi connectivity index (χ0) is 19.6. The van der Waals surface area contributed by atoms with E-state index in [0.717, 1.165) is 23.7 Å². The highest BCUT2D eigenvalue weighted by atomic mass is 16.5. The van der Waals surface area contributed by atoms with E-state index in [-0.39, 0.29) is 24.2 Å². The van der Waals surface area contributed by atoms with Crippen molar-refractivity contribution in [1.82, 2.24) is 15.5 Å². The summed E-state index contributed by atoms with van der Waals surface area (Å²) in [5.74, 6) is 0.960. The van der Waals surface area contributed by atoms with Crippen molar-refractivity contribution in [3.8, 4) is 5.75 Å². The number of fused-ring (bicyclic) bond motifs is 2. The van der Waals surface area contributed by atoms with Crippen LogP contribution in [0.4, 0.5) is 0 Å². The number of amides is 1. The van der Waals surface area contributed by atoms with Crippen molar-refractivity contribution in [3.05, 3.63) is 89.4 Å². The largest absolute Gasteiger partial charge is 0.486 e. The molecule has 2 heterocycles. The van der Waals surface area contributed by atoms with Crippen LogP contribution in [0.1, 0.15) is 39.8 Å². The number of carbonyl (C=O) groups is 1. The molecule has 6 nitrogen and oxygen atoms in total. The van der Waals surface area contributed by atoms with Crippen molar-refractivity contribution < 1.29 is 14.1 Å². The lowest BCUT2D eigenvalue weighted by atomic mass is 10.1. The van der Waals surface area contributed by atoms with E-state index in [2.05, 4.69) is 27.6 Å². The van der Waals surface area contributed by atoms with Crippen molar-refractivity contribution in [2.75, 3.05) is 0 Å². The van der Waals surface area contributed by atoms with Crippen molar-refractivity contribution >= 4 is 16.8 Å². The maximum absolute atomic E-state index is 12.6. The minimum Gasteiger partial charge on any atom is -0.486 e. The van der Waals surface area contributed by atoms with E-state index >= 15 is 0 Å². The summed E-state index contributed by atoms with van der Waals surface area (Å²) < 4.78 is 11.1. The van der Waals surface area contributed by atoms with Gasteiger partial charge >= 0.3 is 0 Å². The van der Waals surface area contributed by atoms with Gasteiger partial charge in [0.1, 0.15) is 12.4 Å². The van der Waals surface area contributed by atoms with Gasteiger partial charge in [-0.1, -0.05) is 35.5 Å². The number of nitrogens with zero attached hydrogens (tertiary/aromatic N) is 2. The third-order valence-corrected chi connectivity index (χ3v) is 5.19. The van der Waals surface area contributed by atoms with Crippen LogP contribution >= 0.6 is 0 Å². The number of aryl methyl sites for hydroxylation is 1. The highest BCUT2D eigenvalue weighted by molar-refractivity contribution is 5.92. The van der Waals surface area contributed by atoms with Crippen molar-refractivity contribution in [2.45, 2.75) is 25.5 Å². The Morgan fingerprint density at radius 1 is 1.14 bits per heavy atom. The van der Waals surface area contributed by atoms with Gasteiger partial charge in [-0.05, 0) is 48.2 Å². The number of hydrogen-bond acceptors (Lipinski definition) is 5. The third kappa shape index (κ3) is 3.57. The van der Waals surface area contributed by atoms with Crippen LogP contribution in [0.25, 0.3) is 10.9 Å². The van der Waals surface area contributed by atoms with Gasteiger partial charge < -0.3 is 14.6 Å². The maximum atomic E-state index is 12.6. The van der Waals surface area contributed by atoms with Gasteiger partial charge in [-0.25, -0.2) is 0 Å². The molecule has 4 aromatic rings. The molecule has 1 amide bonds. The Morgan fingerprint density at radius 2 is 2.07 bits per heavy atom. The molecular formula is C23H19N3O3. The Morgan fingerprint density at radius 3 is 3.03 bits per heavy atom. The smallest absolute Gasteiger partial charge is 0.273 e. The van der Waals surface area contributed by atoms with Gasteiger partial charge in [-0.3, -0.25) is 9.78 Å². The standard InChI is InChI=1S/C23H19N3O3/c27-23(25-21-9-7-15-4-1-2-6-19(15)21)22-13-18(29-26-22)14-28-17-8-10-20-16(12-17)5-3-11-24-20/h1-6,8,10-13,21H,7,9,14H2,(H,25,27)/t21-/m0/s1. The second kappa shape index (κ2) is 7.39. The van der Waals surface area contributed by atoms with Gasteiger partial charge in [0.15, 0.2) is 11.5 Å². The summed E-state index contributed by atoms with van der Waals surface area (Å²) in [7, 11) is 0. The Labute approximate surface area is 167 Å². The Bertz CT molecular complexity index is 1180. The molecule has 144 valence electrons. The Balaban J connectivity index is 1.23. The van der Waals surface area contributed by atoms with Crippen LogP contribution in [0.3, 0.4) is 0 Å². The monoisotopic (exact) mass is 385 g/mol. The van der Waals surface area contributed by atoms with E-state index in [0.29, 0.717) is 11.5 Å². The predicted octanol–water partition coefficient (Wildman–Crippen LogP) is 4.22. The molecule has 0 saturated carbocycles. The quantitative estimate of drug-likeness (QED) is 0.557. The fourth-order valence-electron chi connectivity index (χ4n) is 3.73. The van der Waals surface area contributed by atoms with Crippen LogP contribution in [0.2, 0.25) is 0 Å². The van der Waals surface area contributed by atoms with Gasteiger partial charge in [0.25, 0.3) is 5.91 Å². The van der Waals surface area contributed by atoms with Gasteiger partial charge in [-0.15, -0.1) is 0 Å². The summed E-state index contributed by atoms with van der Waals surface area (Å²) in [4.78, 5) is 16.9. The molecule has 1 atom stereocenters. The molecule has 0 aliphatic heterocycles. The Kier molecular flexibility index (Phi) is 4.44. The number of ether oxygens (including phenoxy) is 1. The molecule has 0 bridgehead atoms. The molecule has 1 N–H and O–H groups in total. The van der Waals surface area contributed by atoms with Crippen LogP contribution in [-0.4, -0.2) is 16.0 Å². The van der Waals surface area contributed by atoms with Crippen LogP contribution in [0.15, 0.2) is 71.4 Å². The van der Waals surface area contributed by atoms with E-state index in [1.807, 2.05) is 42.5 Å². The molecule has 2 aromatic heterocycles. The number of pyridine rings is 1. The molecule has 1 aliphatic carbocycles.